The van der Waals surface area contributed by atoms with E-state index >= 15 is 0 Å². The van der Waals surface area contributed by atoms with Gasteiger partial charge in [0, 0.05) is 30.5 Å². The van der Waals surface area contributed by atoms with Crippen LogP contribution in [0.2, 0.25) is 10.0 Å². The molecular weight excluding hydrogens is 419 g/mol. The van der Waals surface area contributed by atoms with E-state index < -0.39 is 10.8 Å². The second-order valence-electron chi connectivity index (χ2n) is 6.46. The summed E-state index contributed by atoms with van der Waals surface area (Å²) in [4.78, 5) is 36.1. The molecule has 3 rings (SSSR count). The fraction of sp³-hybridized carbons (Fsp3) is 0.211. The fourth-order valence-electron chi connectivity index (χ4n) is 3.05. The van der Waals surface area contributed by atoms with Gasteiger partial charge in [0.15, 0.2) is 0 Å². The molecule has 2 aromatic carbocycles. The second-order valence-corrected chi connectivity index (χ2v) is 7.28. The van der Waals surface area contributed by atoms with Crippen molar-refractivity contribution in [2.24, 2.45) is 5.10 Å². The van der Waals surface area contributed by atoms with Gasteiger partial charge in [-0.1, -0.05) is 53.5 Å². The molecule has 1 atom stereocenters. The zero-order valence-electron chi connectivity index (χ0n) is 15.0. The van der Waals surface area contributed by atoms with Crippen molar-refractivity contribution in [3.05, 3.63) is 73.8 Å². The number of likely N-dealkylation sites (tertiary alicyclic amines) is 1. The number of benzene rings is 2. The van der Waals surface area contributed by atoms with Crippen LogP contribution < -0.4 is 5.43 Å². The van der Waals surface area contributed by atoms with Crippen molar-refractivity contribution in [1.29, 1.82) is 0 Å². The third-order valence-corrected chi connectivity index (χ3v) is 5.11. The van der Waals surface area contributed by atoms with Crippen LogP contribution in [0.5, 0.6) is 0 Å². The summed E-state index contributed by atoms with van der Waals surface area (Å²) in [5, 5.41) is 14.8. The van der Waals surface area contributed by atoms with E-state index in [0.29, 0.717) is 13.0 Å². The molecule has 0 saturated carbocycles. The van der Waals surface area contributed by atoms with Gasteiger partial charge in [0.2, 0.25) is 5.91 Å². The molecule has 1 aliphatic heterocycles. The standard InChI is InChI=1S/C19H16Cl2N4O4/c20-15-8-16(21)17(25(28)29)6-13(15)9-22-23-18(26)11-24-10-14(7-19(24)27)12-4-2-1-3-5-12/h1-6,8-9,14H,7,10-11H2,(H,23,26)/b22-9-/t14-/m1/s1. The first kappa shape index (κ1) is 20.8. The lowest BCUT2D eigenvalue weighted by Crippen LogP contribution is -2.36. The van der Waals surface area contributed by atoms with Gasteiger partial charge in [0.05, 0.1) is 16.2 Å². The highest BCUT2D eigenvalue weighted by atomic mass is 35.5. The Bertz CT molecular complexity index is 982. The van der Waals surface area contributed by atoms with Crippen LogP contribution >= 0.6 is 23.2 Å². The number of halogens is 2. The van der Waals surface area contributed by atoms with E-state index in [1.165, 1.54) is 17.2 Å². The van der Waals surface area contributed by atoms with Crippen molar-refractivity contribution in [3.8, 4) is 0 Å². The molecule has 1 heterocycles. The number of hydrazone groups is 1. The Labute approximate surface area is 176 Å². The van der Waals surface area contributed by atoms with Crippen LogP contribution in [-0.4, -0.2) is 40.9 Å². The summed E-state index contributed by atoms with van der Waals surface area (Å²) < 4.78 is 0. The molecule has 2 amide bonds. The maximum atomic E-state index is 12.2. The molecule has 0 spiro atoms. The van der Waals surface area contributed by atoms with Crippen LogP contribution in [0.4, 0.5) is 5.69 Å². The van der Waals surface area contributed by atoms with Gasteiger partial charge in [-0.3, -0.25) is 19.7 Å². The number of nitrogens with zero attached hydrogens (tertiary/aromatic N) is 3. The van der Waals surface area contributed by atoms with Gasteiger partial charge in [-0.15, -0.1) is 0 Å². The summed E-state index contributed by atoms with van der Waals surface area (Å²) in [5.74, 6) is -0.536. The van der Waals surface area contributed by atoms with Crippen LogP contribution in [0.25, 0.3) is 0 Å². The molecule has 29 heavy (non-hydrogen) atoms. The predicted octanol–water partition coefficient (Wildman–Crippen LogP) is 3.37. The fourth-order valence-corrected chi connectivity index (χ4v) is 3.55. The number of rotatable bonds is 6. The molecule has 0 aliphatic carbocycles. The highest BCUT2D eigenvalue weighted by molar-refractivity contribution is 6.37. The second kappa shape index (κ2) is 9.02. The number of nitrogens with one attached hydrogen (secondary N) is 1. The van der Waals surface area contributed by atoms with Crippen molar-refractivity contribution in [3.63, 3.8) is 0 Å². The Kier molecular flexibility index (Phi) is 6.46. The van der Waals surface area contributed by atoms with Crippen LogP contribution in [0.3, 0.4) is 0 Å². The van der Waals surface area contributed by atoms with Crippen LogP contribution in [-0.2, 0) is 9.59 Å². The highest BCUT2D eigenvalue weighted by Gasteiger charge is 2.31. The SMILES string of the molecule is O=C(CN1C[C@H](c2ccccc2)CC1=O)N/N=C\c1cc([N+](=O)[O-])c(Cl)cc1Cl. The molecule has 1 fully saturated rings. The van der Waals surface area contributed by atoms with Gasteiger partial charge < -0.3 is 4.90 Å². The summed E-state index contributed by atoms with van der Waals surface area (Å²) in [6.45, 7) is 0.323. The minimum atomic E-state index is -0.642. The number of carbonyl (C=O) groups is 2. The molecule has 0 radical (unpaired) electrons. The largest absolute Gasteiger partial charge is 0.333 e. The van der Waals surface area contributed by atoms with E-state index in [1.54, 1.807) is 0 Å². The lowest BCUT2D eigenvalue weighted by Gasteiger charge is -2.15. The van der Waals surface area contributed by atoms with Gasteiger partial charge in [-0.25, -0.2) is 5.43 Å². The number of nitro groups is 1. The van der Waals surface area contributed by atoms with Gasteiger partial charge in [-0.05, 0) is 11.6 Å². The molecule has 0 aromatic heterocycles. The van der Waals surface area contributed by atoms with Crippen molar-refractivity contribution in [2.75, 3.05) is 13.1 Å². The number of nitro benzene ring substituents is 1. The molecule has 0 bridgehead atoms. The number of hydrogen-bond donors (Lipinski definition) is 1. The number of hydrogen-bond acceptors (Lipinski definition) is 5. The molecule has 10 heteroatoms. The Morgan fingerprint density at radius 1 is 1.28 bits per heavy atom. The third kappa shape index (κ3) is 5.10. The zero-order chi connectivity index (χ0) is 21.0. The number of amides is 2. The number of carbonyl (C=O) groups excluding carboxylic acids is 2. The summed E-state index contributed by atoms with van der Waals surface area (Å²) >= 11 is 11.8. The van der Waals surface area contributed by atoms with Crippen molar-refractivity contribution >= 4 is 46.9 Å². The van der Waals surface area contributed by atoms with E-state index in [2.05, 4.69) is 10.5 Å². The van der Waals surface area contributed by atoms with E-state index in [9.17, 15) is 19.7 Å². The quantitative estimate of drug-likeness (QED) is 0.427. The first-order chi connectivity index (χ1) is 13.8. The minimum absolute atomic E-state index is 0.0495. The maximum Gasteiger partial charge on any atom is 0.288 e. The summed E-state index contributed by atoms with van der Waals surface area (Å²) in [6, 6.07) is 12.0. The highest BCUT2D eigenvalue weighted by Crippen LogP contribution is 2.30. The van der Waals surface area contributed by atoms with Crippen LogP contribution in [0.1, 0.15) is 23.5 Å². The van der Waals surface area contributed by atoms with E-state index in [0.717, 1.165) is 11.6 Å². The van der Waals surface area contributed by atoms with Gasteiger partial charge >= 0.3 is 0 Å². The Balaban J connectivity index is 1.58. The Hall–Kier alpha value is -2.97. The zero-order valence-corrected chi connectivity index (χ0v) is 16.6. The maximum absolute atomic E-state index is 12.2. The Morgan fingerprint density at radius 3 is 2.69 bits per heavy atom. The van der Waals surface area contributed by atoms with E-state index in [-0.39, 0.29) is 39.7 Å². The smallest absolute Gasteiger partial charge is 0.288 e. The minimum Gasteiger partial charge on any atom is -0.333 e. The molecule has 150 valence electrons. The molecule has 0 unspecified atom stereocenters. The molecule has 1 aliphatic rings. The third-order valence-electron chi connectivity index (χ3n) is 4.48. The molecular formula is C19H16Cl2N4O4. The van der Waals surface area contributed by atoms with Crippen LogP contribution in [0.15, 0.2) is 47.6 Å². The van der Waals surface area contributed by atoms with Crippen molar-refractivity contribution < 1.29 is 14.5 Å². The van der Waals surface area contributed by atoms with Crippen molar-refractivity contribution in [2.45, 2.75) is 12.3 Å². The van der Waals surface area contributed by atoms with E-state index in [4.69, 9.17) is 23.2 Å². The average Bonchev–Trinajstić information content (AvgIpc) is 3.04. The van der Waals surface area contributed by atoms with Crippen LogP contribution in [0, 0.1) is 10.1 Å². The lowest BCUT2D eigenvalue weighted by atomic mass is 9.99. The molecule has 1 N–H and O–H groups in total. The average molecular weight is 435 g/mol. The molecule has 8 nitrogen and oxygen atoms in total. The van der Waals surface area contributed by atoms with Gasteiger partial charge in [0.1, 0.15) is 11.6 Å². The molecule has 2 aromatic rings. The van der Waals surface area contributed by atoms with Gasteiger partial charge in [-0.2, -0.15) is 5.10 Å². The Morgan fingerprint density at radius 2 is 2.00 bits per heavy atom. The normalized spacial score (nSPS) is 16.4. The topological polar surface area (TPSA) is 105 Å². The van der Waals surface area contributed by atoms with Gasteiger partial charge in [0.25, 0.3) is 11.6 Å². The first-order valence-electron chi connectivity index (χ1n) is 8.63. The van der Waals surface area contributed by atoms with Crippen molar-refractivity contribution in [1.82, 2.24) is 10.3 Å². The summed E-state index contributed by atoms with van der Waals surface area (Å²) in [5.41, 5.74) is 3.26. The first-order valence-corrected chi connectivity index (χ1v) is 9.39. The predicted molar refractivity (Wildman–Crippen MR) is 109 cm³/mol. The molecule has 1 saturated heterocycles. The summed E-state index contributed by atoms with van der Waals surface area (Å²) in [6.07, 6.45) is 1.53. The van der Waals surface area contributed by atoms with E-state index in [1.807, 2.05) is 30.3 Å². The monoisotopic (exact) mass is 434 g/mol. The summed E-state index contributed by atoms with van der Waals surface area (Å²) in [7, 11) is 0. The lowest BCUT2D eigenvalue weighted by molar-refractivity contribution is -0.384.